The molecule has 0 aromatic carbocycles. The molecular weight excluding hydrogens is 315 g/mol. The van der Waals surface area contributed by atoms with Crippen molar-refractivity contribution < 1.29 is 13.7 Å². The fourth-order valence-electron chi connectivity index (χ4n) is 2.91. The highest BCUT2D eigenvalue weighted by atomic mass is 28.4. The monoisotopic (exact) mass is 352 g/mol. The van der Waals surface area contributed by atoms with Crippen molar-refractivity contribution in [2.24, 2.45) is 5.92 Å². The Kier molecular flexibility index (Phi) is 7.54. The molecule has 1 rings (SSSR count). The van der Waals surface area contributed by atoms with Gasteiger partial charge in [0.25, 0.3) is 0 Å². The van der Waals surface area contributed by atoms with E-state index in [4.69, 9.17) is 13.7 Å². The van der Waals surface area contributed by atoms with E-state index in [1.165, 1.54) is 0 Å². The van der Waals surface area contributed by atoms with Crippen molar-refractivity contribution >= 4 is 15.4 Å². The van der Waals surface area contributed by atoms with E-state index >= 15 is 0 Å². The van der Waals surface area contributed by atoms with Gasteiger partial charge in [0.2, 0.25) is 0 Å². The van der Waals surface area contributed by atoms with Gasteiger partial charge in [0.05, 0.1) is 17.3 Å². The first-order chi connectivity index (χ1) is 11.1. The second kappa shape index (κ2) is 8.35. The van der Waals surface area contributed by atoms with Crippen LogP contribution in [0.1, 0.15) is 55.4 Å². The lowest BCUT2D eigenvalue weighted by Crippen LogP contribution is -2.41. The average molecular weight is 352 g/mol. The van der Waals surface area contributed by atoms with Gasteiger partial charge in [-0.25, -0.2) is 0 Å². The Hall–Kier alpha value is -0.358. The van der Waals surface area contributed by atoms with E-state index in [1.807, 2.05) is 12.1 Å². The van der Waals surface area contributed by atoms with Crippen molar-refractivity contribution in [3.63, 3.8) is 0 Å². The molecule has 0 amide bonds. The zero-order valence-electron chi connectivity index (χ0n) is 17.0. The Morgan fingerprint density at radius 2 is 1.50 bits per heavy atom. The molecule has 0 radical (unpaired) electrons. The molecule has 0 bridgehead atoms. The van der Waals surface area contributed by atoms with Crippen molar-refractivity contribution in [3.05, 3.63) is 24.7 Å². The fraction of sp³-hybridized carbons (Fsp3) is 0.789. The van der Waals surface area contributed by atoms with Crippen LogP contribution >= 0.6 is 0 Å². The normalized spacial score (nSPS) is 22.8. The SMILES string of the molecule is C=C[C@@H](C)[C@@H](/C=C/B1OC(C)(C)C(C)(C)O1)O[Si](CC)(CC)CC. The van der Waals surface area contributed by atoms with Crippen LogP contribution in [0.3, 0.4) is 0 Å². The summed E-state index contributed by atoms with van der Waals surface area (Å²) in [5.41, 5.74) is -0.617. The standard InChI is InChI=1S/C19H37BO3Si/c1-10-16(5)17(21-24(11-2,12-3)13-4)14-15-20-22-18(6,7)19(8,9)23-20/h10,14-17H,1,11-13H2,2-9H3/b15-14+/t16-,17-/m1/s1. The van der Waals surface area contributed by atoms with Crippen molar-refractivity contribution in [1.82, 2.24) is 0 Å². The Morgan fingerprint density at radius 1 is 1.04 bits per heavy atom. The van der Waals surface area contributed by atoms with Gasteiger partial charge in [0, 0.05) is 5.92 Å². The molecule has 1 aliphatic rings. The third kappa shape index (κ3) is 4.84. The minimum absolute atomic E-state index is 0.0352. The molecule has 0 spiro atoms. The molecular formula is C19H37BO3Si. The maximum Gasteiger partial charge on any atom is 0.486 e. The molecule has 0 unspecified atom stereocenters. The molecule has 1 aliphatic heterocycles. The zero-order valence-corrected chi connectivity index (χ0v) is 18.0. The quantitative estimate of drug-likeness (QED) is 0.411. The summed E-state index contributed by atoms with van der Waals surface area (Å²) in [7, 11) is -1.99. The molecule has 0 aromatic heterocycles. The fourth-order valence-corrected chi connectivity index (χ4v) is 5.78. The van der Waals surface area contributed by atoms with E-state index < -0.39 is 8.32 Å². The van der Waals surface area contributed by atoms with Crippen LogP contribution in [0.2, 0.25) is 18.1 Å². The summed E-state index contributed by atoms with van der Waals surface area (Å²) < 4.78 is 18.8. The van der Waals surface area contributed by atoms with Gasteiger partial charge >= 0.3 is 7.12 Å². The van der Waals surface area contributed by atoms with Crippen LogP contribution in [0.4, 0.5) is 0 Å². The summed E-state index contributed by atoms with van der Waals surface area (Å²) >= 11 is 0. The molecule has 3 nitrogen and oxygen atoms in total. The zero-order chi connectivity index (χ0) is 18.6. The van der Waals surface area contributed by atoms with Gasteiger partial charge in [-0.05, 0) is 45.8 Å². The highest BCUT2D eigenvalue weighted by Gasteiger charge is 2.50. The first-order valence-corrected chi connectivity index (χ1v) is 11.9. The van der Waals surface area contributed by atoms with Gasteiger partial charge in [-0.2, -0.15) is 0 Å². The Morgan fingerprint density at radius 3 is 1.88 bits per heavy atom. The van der Waals surface area contributed by atoms with E-state index in [0.717, 1.165) is 18.1 Å². The molecule has 1 saturated heterocycles. The highest BCUT2D eigenvalue weighted by molar-refractivity contribution is 6.73. The lowest BCUT2D eigenvalue weighted by atomic mass is 9.88. The van der Waals surface area contributed by atoms with Gasteiger partial charge in [0.15, 0.2) is 8.32 Å². The van der Waals surface area contributed by atoms with E-state index in [-0.39, 0.29) is 30.3 Å². The van der Waals surface area contributed by atoms with Crippen molar-refractivity contribution in [2.75, 3.05) is 0 Å². The molecule has 138 valence electrons. The maximum atomic E-state index is 6.67. The Balaban J connectivity index is 2.90. The molecule has 1 fully saturated rings. The maximum absolute atomic E-state index is 6.67. The van der Waals surface area contributed by atoms with E-state index in [2.05, 4.69) is 68.0 Å². The largest absolute Gasteiger partial charge is 0.486 e. The third-order valence-electron chi connectivity index (χ3n) is 5.94. The van der Waals surface area contributed by atoms with Crippen molar-refractivity contribution in [1.29, 1.82) is 0 Å². The summed E-state index contributed by atoms with van der Waals surface area (Å²) in [5.74, 6) is 2.28. The Bertz CT molecular complexity index is 420. The van der Waals surface area contributed by atoms with Crippen LogP contribution in [0, 0.1) is 5.92 Å². The molecule has 1 heterocycles. The lowest BCUT2D eigenvalue weighted by molar-refractivity contribution is 0.00578. The molecule has 0 aliphatic carbocycles. The third-order valence-corrected chi connectivity index (χ3v) is 10.6. The molecule has 24 heavy (non-hydrogen) atoms. The topological polar surface area (TPSA) is 27.7 Å². The van der Waals surface area contributed by atoms with Gasteiger partial charge in [-0.1, -0.05) is 45.8 Å². The van der Waals surface area contributed by atoms with Gasteiger partial charge in [-0.3, -0.25) is 0 Å². The minimum atomic E-state index is -1.67. The average Bonchev–Trinajstić information content (AvgIpc) is 2.75. The van der Waals surface area contributed by atoms with Crippen LogP contribution in [0.5, 0.6) is 0 Å². The first-order valence-electron chi connectivity index (χ1n) is 9.40. The van der Waals surface area contributed by atoms with Crippen LogP contribution in [0.15, 0.2) is 24.7 Å². The lowest BCUT2D eigenvalue weighted by Gasteiger charge is -2.34. The van der Waals surface area contributed by atoms with Crippen LogP contribution in [-0.2, 0) is 13.7 Å². The number of rotatable bonds is 9. The summed E-state index contributed by atoms with van der Waals surface area (Å²) in [6.45, 7) is 21.2. The molecule has 0 saturated carbocycles. The smallest absolute Gasteiger partial charge is 0.410 e. The summed E-state index contributed by atoms with van der Waals surface area (Å²) in [6, 6.07) is 3.43. The summed E-state index contributed by atoms with van der Waals surface area (Å²) in [6.07, 6.45) is 4.13. The first kappa shape index (κ1) is 21.7. The van der Waals surface area contributed by atoms with Crippen LogP contribution in [-0.4, -0.2) is 32.7 Å². The van der Waals surface area contributed by atoms with E-state index in [0.29, 0.717) is 0 Å². The highest BCUT2D eigenvalue weighted by Crippen LogP contribution is 2.37. The molecule has 0 aromatic rings. The predicted molar refractivity (Wildman–Crippen MR) is 107 cm³/mol. The van der Waals surface area contributed by atoms with Gasteiger partial charge in [0.1, 0.15) is 0 Å². The molecule has 2 atom stereocenters. The number of hydrogen-bond acceptors (Lipinski definition) is 3. The van der Waals surface area contributed by atoms with Crippen molar-refractivity contribution in [2.45, 2.75) is 90.8 Å². The second-order valence-corrected chi connectivity index (χ2v) is 12.7. The minimum Gasteiger partial charge on any atom is -0.410 e. The van der Waals surface area contributed by atoms with Crippen molar-refractivity contribution in [3.8, 4) is 0 Å². The van der Waals surface area contributed by atoms with Gasteiger partial charge in [-0.15, -0.1) is 6.58 Å². The Labute approximate surface area is 151 Å². The van der Waals surface area contributed by atoms with Crippen LogP contribution in [0.25, 0.3) is 0 Å². The van der Waals surface area contributed by atoms with Crippen LogP contribution < -0.4 is 0 Å². The summed E-state index contributed by atoms with van der Waals surface area (Å²) in [4.78, 5) is 0. The van der Waals surface area contributed by atoms with E-state index in [1.54, 1.807) is 0 Å². The molecule has 5 heteroatoms. The van der Waals surface area contributed by atoms with Gasteiger partial charge < -0.3 is 13.7 Å². The van der Waals surface area contributed by atoms with E-state index in [9.17, 15) is 0 Å². The number of hydrogen-bond donors (Lipinski definition) is 0. The second-order valence-electron chi connectivity index (χ2n) is 7.93. The predicted octanol–water partition coefficient (Wildman–Crippen LogP) is 5.39. The molecule has 0 N–H and O–H groups in total. The summed E-state index contributed by atoms with van der Waals surface area (Å²) in [5, 5.41) is 0.